The minimum absolute atomic E-state index is 1.23. The van der Waals surface area contributed by atoms with Crippen LogP contribution >= 0.6 is 0 Å². The van der Waals surface area contributed by atoms with Gasteiger partial charge in [0.1, 0.15) is 0 Å². The summed E-state index contributed by atoms with van der Waals surface area (Å²) < 4.78 is 31.6. The van der Waals surface area contributed by atoms with Crippen LogP contribution in [0.15, 0.2) is 42.5 Å². The van der Waals surface area contributed by atoms with Crippen molar-refractivity contribution >= 4 is 21.2 Å². The van der Waals surface area contributed by atoms with Crippen LogP contribution in [0.2, 0.25) is 0 Å². The lowest BCUT2D eigenvalue weighted by atomic mass is 9.99. The molecule has 0 saturated carbocycles. The third-order valence-electron chi connectivity index (χ3n) is 3.68. The average Bonchev–Trinajstić information content (AvgIpc) is 2.49. The second-order valence-corrected chi connectivity index (χ2v) is 6.50. The van der Waals surface area contributed by atoms with E-state index in [9.17, 15) is 0 Å². The van der Waals surface area contributed by atoms with E-state index in [1.807, 2.05) is 0 Å². The monoisotopic (exact) mass is 338 g/mol. The zero-order valence-electron chi connectivity index (χ0n) is 13.6. The third-order valence-corrected chi connectivity index (χ3v) is 3.68. The Kier molecular flexibility index (Phi) is 8.84. The number of aryl methyl sites for hydroxylation is 1. The summed E-state index contributed by atoms with van der Waals surface area (Å²) in [4.78, 5) is 0. The van der Waals surface area contributed by atoms with Gasteiger partial charge in [0.25, 0.3) is 0 Å². The molecule has 0 aliphatic heterocycles. The zero-order valence-corrected chi connectivity index (χ0v) is 14.4. The summed E-state index contributed by atoms with van der Waals surface area (Å²) in [6, 6.07) is 15.4. The predicted molar refractivity (Wildman–Crippen MR) is 95.2 cm³/mol. The van der Waals surface area contributed by atoms with Gasteiger partial charge in [0, 0.05) is 0 Å². The normalized spacial score (nSPS) is 11.1. The van der Waals surface area contributed by atoms with Crippen molar-refractivity contribution in [2.75, 3.05) is 0 Å². The van der Waals surface area contributed by atoms with E-state index in [0.29, 0.717) is 0 Å². The molecule has 0 aromatic heterocycles. The van der Waals surface area contributed by atoms with Gasteiger partial charge in [0.15, 0.2) is 0 Å². The molecule has 0 bridgehead atoms. The van der Waals surface area contributed by atoms with E-state index >= 15 is 0 Å². The summed E-state index contributed by atoms with van der Waals surface area (Å²) >= 11 is 0. The van der Waals surface area contributed by atoms with Gasteiger partial charge in [-0.05, 0) is 29.2 Å². The van der Waals surface area contributed by atoms with Gasteiger partial charge in [-0.1, -0.05) is 81.5 Å². The average molecular weight is 338 g/mol. The highest BCUT2D eigenvalue weighted by molar-refractivity contribution is 7.79. The first-order valence-electron chi connectivity index (χ1n) is 8.08. The lowest BCUT2D eigenvalue weighted by Gasteiger charge is -2.06. The first kappa shape index (κ1) is 19.6. The maximum absolute atomic E-state index is 8.74. The third kappa shape index (κ3) is 9.33. The highest BCUT2D eigenvalue weighted by Gasteiger charge is 1.99. The molecule has 0 radical (unpaired) electrons. The van der Waals surface area contributed by atoms with Crippen molar-refractivity contribution in [3.05, 3.63) is 48.0 Å². The van der Waals surface area contributed by atoms with Crippen LogP contribution in [0, 0.1) is 0 Å². The maximum Gasteiger partial charge on any atom is 0.394 e. The standard InChI is InChI=1S/C18H24.H2O4S/c1-2-3-4-5-6-7-11-16-13-10-14-17-12-8-9-15-18(16)17;1-5(2,3)4/h8-10,12-15H,2-7,11H2,1H3;(H2,1,2,3,4). The van der Waals surface area contributed by atoms with Crippen molar-refractivity contribution < 1.29 is 17.5 Å². The summed E-state index contributed by atoms with van der Waals surface area (Å²) in [5.74, 6) is 0. The second kappa shape index (κ2) is 10.4. The van der Waals surface area contributed by atoms with Crippen LogP contribution in [-0.2, 0) is 16.8 Å². The molecule has 5 heteroatoms. The van der Waals surface area contributed by atoms with Crippen molar-refractivity contribution in [3.63, 3.8) is 0 Å². The molecule has 0 unspecified atom stereocenters. The highest BCUT2D eigenvalue weighted by Crippen LogP contribution is 2.20. The van der Waals surface area contributed by atoms with Crippen LogP contribution in [-0.4, -0.2) is 17.5 Å². The molecule has 2 N–H and O–H groups in total. The van der Waals surface area contributed by atoms with Crippen LogP contribution in [0.1, 0.15) is 51.0 Å². The molecular weight excluding hydrogens is 312 g/mol. The van der Waals surface area contributed by atoms with Gasteiger partial charge < -0.3 is 0 Å². The van der Waals surface area contributed by atoms with Gasteiger partial charge in [-0.15, -0.1) is 0 Å². The zero-order chi connectivity index (χ0) is 17.1. The van der Waals surface area contributed by atoms with E-state index in [2.05, 4.69) is 49.4 Å². The Morgan fingerprint density at radius 2 is 1.39 bits per heavy atom. The molecule has 0 heterocycles. The molecule has 2 aromatic carbocycles. The Labute approximate surface area is 139 Å². The summed E-state index contributed by atoms with van der Waals surface area (Å²) in [5.41, 5.74) is 1.52. The molecule has 2 aromatic rings. The Morgan fingerprint density at radius 1 is 0.826 bits per heavy atom. The van der Waals surface area contributed by atoms with Crippen LogP contribution in [0.25, 0.3) is 10.8 Å². The van der Waals surface area contributed by atoms with E-state index in [0.717, 1.165) is 0 Å². The number of benzene rings is 2. The highest BCUT2D eigenvalue weighted by atomic mass is 32.3. The summed E-state index contributed by atoms with van der Waals surface area (Å²) in [7, 11) is -4.67. The number of hydrogen-bond donors (Lipinski definition) is 2. The molecule has 4 nitrogen and oxygen atoms in total. The summed E-state index contributed by atoms with van der Waals surface area (Å²) in [5, 5.41) is 2.81. The molecule has 0 spiro atoms. The molecule has 0 saturated heterocycles. The number of hydrogen-bond acceptors (Lipinski definition) is 2. The summed E-state index contributed by atoms with van der Waals surface area (Å²) in [6.45, 7) is 2.27. The van der Waals surface area contributed by atoms with Gasteiger partial charge in [0.05, 0.1) is 0 Å². The van der Waals surface area contributed by atoms with Crippen LogP contribution in [0.5, 0.6) is 0 Å². The van der Waals surface area contributed by atoms with Crippen molar-refractivity contribution in [2.45, 2.75) is 51.9 Å². The first-order chi connectivity index (χ1) is 10.9. The molecule has 2 rings (SSSR count). The molecule has 0 aliphatic carbocycles. The predicted octanol–water partition coefficient (Wildman–Crippen LogP) is 5.09. The number of rotatable bonds is 7. The fraction of sp³-hybridized carbons (Fsp3) is 0.444. The van der Waals surface area contributed by atoms with Gasteiger partial charge >= 0.3 is 10.4 Å². The van der Waals surface area contributed by atoms with Crippen molar-refractivity contribution in [2.24, 2.45) is 0 Å². The molecule has 0 fully saturated rings. The van der Waals surface area contributed by atoms with Crippen molar-refractivity contribution in [1.82, 2.24) is 0 Å². The molecule has 0 amide bonds. The lowest BCUT2D eigenvalue weighted by Crippen LogP contribution is -1.89. The molecule has 23 heavy (non-hydrogen) atoms. The number of unbranched alkanes of at least 4 members (excludes halogenated alkanes) is 5. The van der Waals surface area contributed by atoms with Crippen LogP contribution < -0.4 is 0 Å². The Bertz CT molecular complexity index is 667. The Morgan fingerprint density at radius 3 is 2.09 bits per heavy atom. The fourth-order valence-electron chi connectivity index (χ4n) is 2.61. The van der Waals surface area contributed by atoms with E-state index in [1.165, 1.54) is 61.3 Å². The van der Waals surface area contributed by atoms with E-state index in [4.69, 9.17) is 17.5 Å². The Hall–Kier alpha value is -1.43. The van der Waals surface area contributed by atoms with E-state index in [1.54, 1.807) is 0 Å². The van der Waals surface area contributed by atoms with Crippen molar-refractivity contribution in [3.8, 4) is 0 Å². The van der Waals surface area contributed by atoms with Gasteiger partial charge in [-0.3, -0.25) is 9.11 Å². The molecular formula is C18H26O4S. The topological polar surface area (TPSA) is 74.6 Å². The molecule has 0 atom stereocenters. The molecule has 0 aliphatic rings. The van der Waals surface area contributed by atoms with E-state index < -0.39 is 10.4 Å². The number of fused-ring (bicyclic) bond motifs is 1. The molecule has 128 valence electrons. The van der Waals surface area contributed by atoms with Gasteiger partial charge in [-0.2, -0.15) is 8.42 Å². The van der Waals surface area contributed by atoms with E-state index in [-0.39, 0.29) is 0 Å². The SMILES string of the molecule is CCCCCCCCc1cccc2ccccc12.O=S(=O)(O)O. The maximum atomic E-state index is 8.74. The van der Waals surface area contributed by atoms with Crippen LogP contribution in [0.3, 0.4) is 0 Å². The van der Waals surface area contributed by atoms with Gasteiger partial charge in [0.2, 0.25) is 0 Å². The van der Waals surface area contributed by atoms with Gasteiger partial charge in [-0.25, -0.2) is 0 Å². The summed E-state index contributed by atoms with van der Waals surface area (Å²) in [6.07, 6.45) is 9.48. The second-order valence-electron chi connectivity index (χ2n) is 5.60. The first-order valence-corrected chi connectivity index (χ1v) is 9.48. The Balaban J connectivity index is 0.000000463. The quantitative estimate of drug-likeness (QED) is 0.544. The van der Waals surface area contributed by atoms with Crippen molar-refractivity contribution in [1.29, 1.82) is 0 Å². The fourth-order valence-corrected chi connectivity index (χ4v) is 2.61. The minimum Gasteiger partial charge on any atom is -0.264 e. The van der Waals surface area contributed by atoms with Crippen LogP contribution in [0.4, 0.5) is 0 Å². The largest absolute Gasteiger partial charge is 0.394 e. The lowest BCUT2D eigenvalue weighted by molar-refractivity contribution is 0.381. The minimum atomic E-state index is -4.67. The smallest absolute Gasteiger partial charge is 0.264 e.